The maximum atomic E-state index is 10.1. The van der Waals surface area contributed by atoms with Crippen molar-refractivity contribution in [1.29, 1.82) is 0 Å². The van der Waals surface area contributed by atoms with Crippen molar-refractivity contribution in [1.82, 2.24) is 0 Å². The number of hydrogen-bond acceptors (Lipinski definition) is 3. The average molecular weight is 144 g/mol. The van der Waals surface area contributed by atoms with Crippen LogP contribution in [0.15, 0.2) is 12.2 Å². The van der Waals surface area contributed by atoms with Gasteiger partial charge in [0, 0.05) is 12.2 Å². The van der Waals surface area contributed by atoms with Crippen LogP contribution in [0.4, 0.5) is 0 Å². The highest BCUT2D eigenvalue weighted by atomic mass is 16.4. The van der Waals surface area contributed by atoms with Gasteiger partial charge in [0.1, 0.15) is 0 Å². The molecule has 0 aromatic heterocycles. The van der Waals surface area contributed by atoms with E-state index in [0.717, 1.165) is 0 Å². The maximum absolute atomic E-state index is 10.1. The fraction of sp³-hybridized carbons (Fsp3) is 0. The van der Waals surface area contributed by atoms with E-state index in [4.69, 9.17) is 10.2 Å². The maximum Gasteiger partial charge on any atom is 0.376 e. The lowest BCUT2D eigenvalue weighted by molar-refractivity contribution is -0.146. The van der Waals surface area contributed by atoms with E-state index in [0.29, 0.717) is 12.2 Å². The molecule has 0 amide bonds. The molecular weight excluding hydrogens is 140 g/mol. The van der Waals surface area contributed by atoms with Crippen molar-refractivity contribution in [3.05, 3.63) is 12.2 Å². The zero-order chi connectivity index (χ0) is 8.15. The van der Waals surface area contributed by atoms with Gasteiger partial charge >= 0.3 is 11.9 Å². The van der Waals surface area contributed by atoms with Crippen molar-refractivity contribution in [2.75, 3.05) is 0 Å². The minimum absolute atomic E-state index is 0.469. The van der Waals surface area contributed by atoms with Gasteiger partial charge in [0.05, 0.1) is 0 Å². The third-order valence-corrected chi connectivity index (χ3v) is 0.588. The van der Waals surface area contributed by atoms with Gasteiger partial charge in [-0.1, -0.05) is 0 Å². The van der Waals surface area contributed by atoms with Crippen LogP contribution in [0.1, 0.15) is 0 Å². The molecule has 54 valence electrons. The number of carbonyl (C=O) groups excluding carboxylic acids is 1. The zero-order valence-electron chi connectivity index (χ0n) is 4.77. The third-order valence-electron chi connectivity index (χ3n) is 0.588. The van der Waals surface area contributed by atoms with Gasteiger partial charge in [0.25, 0.3) is 5.78 Å². The van der Waals surface area contributed by atoms with Gasteiger partial charge < -0.3 is 10.2 Å². The van der Waals surface area contributed by atoms with E-state index in [1.165, 1.54) is 0 Å². The van der Waals surface area contributed by atoms with Crippen LogP contribution in [-0.4, -0.2) is 27.9 Å². The number of ketones is 1. The zero-order valence-corrected chi connectivity index (χ0v) is 4.77. The number of aliphatic carboxylic acids is 2. The molecule has 0 rings (SSSR count). The minimum Gasteiger partial charge on any atom is -0.478 e. The number of carbonyl (C=O) groups is 3. The molecule has 0 atom stereocenters. The molecule has 2 N–H and O–H groups in total. The van der Waals surface area contributed by atoms with Crippen molar-refractivity contribution in [3.8, 4) is 0 Å². The Bertz CT molecular complexity index is 202. The number of rotatable bonds is 3. The molecule has 0 heterocycles. The van der Waals surface area contributed by atoms with E-state index < -0.39 is 17.7 Å². The second kappa shape index (κ2) is 3.39. The predicted octanol–water partition coefficient (Wildman–Crippen LogP) is -0.719. The normalized spacial score (nSPS) is 9.60. The average Bonchev–Trinajstić information content (AvgIpc) is 1.82. The molecule has 5 heteroatoms. The highest BCUT2D eigenvalue weighted by molar-refractivity contribution is 6.37. The van der Waals surface area contributed by atoms with Gasteiger partial charge in [-0.05, 0) is 0 Å². The summed E-state index contributed by atoms with van der Waals surface area (Å²) in [6, 6.07) is 0. The number of carboxylic acids is 2. The molecule has 0 aromatic carbocycles. The first-order valence-corrected chi connectivity index (χ1v) is 2.22. The summed E-state index contributed by atoms with van der Waals surface area (Å²) >= 11 is 0. The molecule has 0 spiro atoms. The summed E-state index contributed by atoms with van der Waals surface area (Å²) in [5, 5.41) is 15.8. The van der Waals surface area contributed by atoms with Crippen molar-refractivity contribution >= 4 is 17.7 Å². The lowest BCUT2D eigenvalue weighted by atomic mass is 10.3. The minimum atomic E-state index is -1.67. The van der Waals surface area contributed by atoms with Gasteiger partial charge in [-0.15, -0.1) is 0 Å². The molecule has 0 saturated carbocycles. The van der Waals surface area contributed by atoms with Crippen LogP contribution in [0, 0.1) is 0 Å². The van der Waals surface area contributed by atoms with Crippen LogP contribution in [0.3, 0.4) is 0 Å². The topological polar surface area (TPSA) is 91.7 Å². The SMILES string of the molecule is O=C(O)C=CC(=O)C(=O)O. The summed E-state index contributed by atoms with van der Waals surface area (Å²) in [5.74, 6) is -4.27. The number of hydrogen-bond donors (Lipinski definition) is 2. The Morgan fingerprint density at radius 2 is 1.50 bits per heavy atom. The standard InChI is InChI=1S/C5H4O5/c6-3(5(9)10)1-2-4(7)8/h1-2H,(H,7,8)(H,9,10). The third kappa shape index (κ3) is 3.36. The molecule has 0 aliphatic carbocycles. The Hall–Kier alpha value is -1.65. The predicted molar refractivity (Wildman–Crippen MR) is 29.4 cm³/mol. The molecule has 0 aliphatic rings. The van der Waals surface area contributed by atoms with Gasteiger partial charge in [-0.2, -0.15) is 0 Å². The van der Waals surface area contributed by atoms with E-state index in [9.17, 15) is 14.4 Å². The number of carboxylic acid groups (broad SMARTS) is 2. The van der Waals surface area contributed by atoms with Crippen LogP contribution >= 0.6 is 0 Å². The monoisotopic (exact) mass is 144 g/mol. The molecule has 0 aliphatic heterocycles. The highest BCUT2D eigenvalue weighted by Crippen LogP contribution is 1.76. The summed E-state index contributed by atoms with van der Waals surface area (Å²) in [7, 11) is 0. The first-order valence-electron chi connectivity index (χ1n) is 2.22. The first kappa shape index (κ1) is 8.35. The second-order valence-electron chi connectivity index (χ2n) is 1.34. The van der Waals surface area contributed by atoms with Crippen LogP contribution in [0.2, 0.25) is 0 Å². The van der Waals surface area contributed by atoms with Gasteiger partial charge in [0.15, 0.2) is 0 Å². The van der Waals surface area contributed by atoms with Crippen molar-refractivity contribution in [2.24, 2.45) is 0 Å². The summed E-state index contributed by atoms with van der Waals surface area (Å²) < 4.78 is 0. The molecule has 10 heavy (non-hydrogen) atoms. The molecule has 0 fully saturated rings. The van der Waals surface area contributed by atoms with E-state index in [1.54, 1.807) is 0 Å². The Balaban J connectivity index is 4.03. The van der Waals surface area contributed by atoms with E-state index in [2.05, 4.69) is 0 Å². The Labute approximate surface area is 55.6 Å². The van der Waals surface area contributed by atoms with Crippen molar-refractivity contribution in [3.63, 3.8) is 0 Å². The molecule has 0 unspecified atom stereocenters. The molecule has 5 nitrogen and oxygen atoms in total. The fourth-order valence-electron chi connectivity index (χ4n) is 0.218. The lowest BCUT2D eigenvalue weighted by Crippen LogP contribution is -2.09. The summed E-state index contributed by atoms with van der Waals surface area (Å²) in [6.07, 6.45) is 0.946. The van der Waals surface area contributed by atoms with Crippen molar-refractivity contribution in [2.45, 2.75) is 0 Å². The van der Waals surface area contributed by atoms with E-state index >= 15 is 0 Å². The molecule has 0 aromatic rings. The van der Waals surface area contributed by atoms with Gasteiger partial charge in [-0.3, -0.25) is 4.79 Å². The summed E-state index contributed by atoms with van der Waals surface area (Å²) in [4.78, 5) is 29.5. The fourth-order valence-corrected chi connectivity index (χ4v) is 0.218. The Morgan fingerprint density at radius 1 is 1.00 bits per heavy atom. The van der Waals surface area contributed by atoms with E-state index in [-0.39, 0.29) is 0 Å². The summed E-state index contributed by atoms with van der Waals surface area (Å²) in [5.41, 5.74) is 0. The van der Waals surface area contributed by atoms with Gasteiger partial charge in [0.2, 0.25) is 0 Å². The molecule has 0 radical (unpaired) electrons. The van der Waals surface area contributed by atoms with Crippen LogP contribution < -0.4 is 0 Å². The van der Waals surface area contributed by atoms with Gasteiger partial charge in [-0.25, -0.2) is 9.59 Å². The second-order valence-corrected chi connectivity index (χ2v) is 1.34. The molecule has 0 bridgehead atoms. The smallest absolute Gasteiger partial charge is 0.376 e. The first-order chi connectivity index (χ1) is 4.54. The van der Waals surface area contributed by atoms with Crippen LogP contribution in [-0.2, 0) is 14.4 Å². The van der Waals surface area contributed by atoms with E-state index in [1.807, 2.05) is 0 Å². The van der Waals surface area contributed by atoms with Crippen LogP contribution in [0.5, 0.6) is 0 Å². The summed E-state index contributed by atoms with van der Waals surface area (Å²) in [6.45, 7) is 0. The largest absolute Gasteiger partial charge is 0.478 e. The Kier molecular flexibility index (Phi) is 2.83. The molecular formula is C5H4O5. The quantitative estimate of drug-likeness (QED) is 0.403. The Morgan fingerprint density at radius 3 is 1.80 bits per heavy atom. The highest BCUT2D eigenvalue weighted by Gasteiger charge is 2.05. The molecule has 0 saturated heterocycles. The van der Waals surface area contributed by atoms with Crippen molar-refractivity contribution < 1.29 is 24.6 Å². The van der Waals surface area contributed by atoms with Crippen LogP contribution in [0.25, 0.3) is 0 Å². The lowest BCUT2D eigenvalue weighted by Gasteiger charge is -1.80.